The van der Waals surface area contributed by atoms with Crippen molar-refractivity contribution >= 4 is 23.3 Å². The summed E-state index contributed by atoms with van der Waals surface area (Å²) in [6.07, 6.45) is 1.54. The smallest absolute Gasteiger partial charge is 0.267 e. The minimum absolute atomic E-state index is 0.0464. The van der Waals surface area contributed by atoms with E-state index in [1.54, 1.807) is 6.07 Å². The number of hydrogen-bond acceptors (Lipinski definition) is 3. The predicted octanol–water partition coefficient (Wildman–Crippen LogP) is 2.90. The summed E-state index contributed by atoms with van der Waals surface area (Å²) >= 11 is 6.25. The van der Waals surface area contributed by atoms with E-state index < -0.39 is 0 Å². The highest BCUT2D eigenvalue weighted by atomic mass is 35.5. The Labute approximate surface area is 140 Å². The number of hydrogen-bond donors (Lipinski definition) is 2. The number of rotatable bonds is 6. The average Bonchev–Trinajstić information content (AvgIpc) is 2.99. The summed E-state index contributed by atoms with van der Waals surface area (Å²) in [5.74, 6) is -0.334. The maximum absolute atomic E-state index is 12.2. The first kappa shape index (κ1) is 17.2. The summed E-state index contributed by atoms with van der Waals surface area (Å²) in [4.78, 5) is 28.3. The minimum Gasteiger partial charge on any atom is -0.356 e. The molecule has 1 amide bonds. The Morgan fingerprint density at radius 1 is 1.30 bits per heavy atom. The van der Waals surface area contributed by atoms with Crippen molar-refractivity contribution in [1.29, 1.82) is 0 Å². The van der Waals surface area contributed by atoms with Gasteiger partial charge in [-0.15, -0.1) is 0 Å². The lowest BCUT2D eigenvalue weighted by Gasteiger charge is -2.25. The number of aromatic nitrogens is 1. The number of aromatic amines is 1. The van der Waals surface area contributed by atoms with Crippen molar-refractivity contribution in [1.82, 2.24) is 15.2 Å². The summed E-state index contributed by atoms with van der Waals surface area (Å²) in [6, 6.07) is 9.08. The Bertz CT molecular complexity index is 709. The number of carbonyl (C=O) groups excluding carboxylic acids is 2. The van der Waals surface area contributed by atoms with E-state index in [9.17, 15) is 9.59 Å². The molecule has 0 bridgehead atoms. The number of carbonyl (C=O) groups is 2. The largest absolute Gasteiger partial charge is 0.356 e. The van der Waals surface area contributed by atoms with Gasteiger partial charge in [-0.05, 0) is 38.7 Å². The van der Waals surface area contributed by atoms with E-state index in [1.165, 1.54) is 13.1 Å². The number of benzene rings is 1. The topological polar surface area (TPSA) is 65.2 Å². The fourth-order valence-corrected chi connectivity index (χ4v) is 2.59. The summed E-state index contributed by atoms with van der Waals surface area (Å²) in [7, 11) is 3.87. The van der Waals surface area contributed by atoms with Gasteiger partial charge in [-0.1, -0.05) is 29.8 Å². The molecule has 1 atom stereocenters. The van der Waals surface area contributed by atoms with E-state index in [2.05, 4.69) is 10.3 Å². The Balaban J connectivity index is 2.08. The van der Waals surface area contributed by atoms with E-state index in [4.69, 9.17) is 11.6 Å². The van der Waals surface area contributed by atoms with Gasteiger partial charge in [-0.3, -0.25) is 9.59 Å². The van der Waals surface area contributed by atoms with Crippen molar-refractivity contribution < 1.29 is 9.59 Å². The van der Waals surface area contributed by atoms with Crippen LogP contribution in [0.25, 0.3) is 0 Å². The van der Waals surface area contributed by atoms with Crippen LogP contribution in [0.2, 0.25) is 5.02 Å². The second kappa shape index (κ2) is 7.44. The van der Waals surface area contributed by atoms with Gasteiger partial charge in [-0.25, -0.2) is 0 Å². The molecule has 1 aromatic heterocycles. The van der Waals surface area contributed by atoms with Crippen LogP contribution in [0, 0.1) is 0 Å². The first-order valence-corrected chi connectivity index (χ1v) is 7.66. The molecule has 2 rings (SSSR count). The van der Waals surface area contributed by atoms with E-state index >= 15 is 0 Å². The van der Waals surface area contributed by atoms with Crippen molar-refractivity contribution in [3.05, 3.63) is 58.4 Å². The van der Waals surface area contributed by atoms with Crippen LogP contribution < -0.4 is 5.32 Å². The van der Waals surface area contributed by atoms with Crippen molar-refractivity contribution in [3.8, 4) is 0 Å². The SMILES string of the molecule is CC(=O)c1c[nH]c(C(=O)NC[C@H](c2ccccc2Cl)N(C)C)c1. The zero-order valence-electron chi connectivity index (χ0n) is 13.4. The predicted molar refractivity (Wildman–Crippen MR) is 91.0 cm³/mol. The number of Topliss-reactive ketones (excluding diaryl/α,β-unsaturated/α-hetero) is 1. The average molecular weight is 334 g/mol. The van der Waals surface area contributed by atoms with Crippen LogP contribution in [-0.4, -0.2) is 42.2 Å². The molecule has 0 saturated heterocycles. The Morgan fingerprint density at radius 2 is 2.00 bits per heavy atom. The van der Waals surface area contributed by atoms with Gasteiger partial charge in [0, 0.05) is 23.3 Å². The highest BCUT2D eigenvalue weighted by Crippen LogP contribution is 2.25. The second-order valence-electron chi connectivity index (χ2n) is 5.57. The number of amides is 1. The molecule has 0 fully saturated rings. The van der Waals surface area contributed by atoms with Crippen LogP contribution in [0.5, 0.6) is 0 Å². The van der Waals surface area contributed by atoms with Crippen molar-refractivity contribution in [3.63, 3.8) is 0 Å². The van der Waals surface area contributed by atoms with E-state index in [-0.39, 0.29) is 17.7 Å². The Hall–Kier alpha value is -2.11. The number of nitrogens with one attached hydrogen (secondary N) is 2. The number of likely N-dealkylation sites (N-methyl/N-ethyl adjacent to an activating group) is 1. The molecule has 1 aromatic carbocycles. The molecule has 0 saturated carbocycles. The highest BCUT2D eigenvalue weighted by Gasteiger charge is 2.19. The van der Waals surface area contributed by atoms with E-state index in [0.717, 1.165) is 5.56 Å². The molecular weight excluding hydrogens is 314 g/mol. The van der Waals surface area contributed by atoms with Gasteiger partial charge < -0.3 is 15.2 Å². The van der Waals surface area contributed by atoms with Crippen molar-refractivity contribution in [2.24, 2.45) is 0 Å². The van der Waals surface area contributed by atoms with Gasteiger partial charge in [0.05, 0.1) is 6.04 Å². The minimum atomic E-state index is -0.253. The van der Waals surface area contributed by atoms with Crippen LogP contribution in [0.3, 0.4) is 0 Å². The maximum Gasteiger partial charge on any atom is 0.267 e. The number of H-pyrrole nitrogens is 1. The monoisotopic (exact) mass is 333 g/mol. The zero-order valence-corrected chi connectivity index (χ0v) is 14.1. The molecule has 0 aliphatic rings. The fraction of sp³-hybridized carbons (Fsp3) is 0.294. The molecule has 0 radical (unpaired) electrons. The lowest BCUT2D eigenvalue weighted by molar-refractivity contribution is 0.0937. The van der Waals surface area contributed by atoms with Gasteiger partial charge >= 0.3 is 0 Å². The molecule has 0 spiro atoms. The van der Waals surface area contributed by atoms with Crippen LogP contribution in [0.4, 0.5) is 0 Å². The molecule has 2 aromatic rings. The van der Waals surface area contributed by atoms with Gasteiger partial charge in [0.15, 0.2) is 5.78 Å². The van der Waals surface area contributed by atoms with Gasteiger partial charge in [-0.2, -0.15) is 0 Å². The Morgan fingerprint density at radius 3 is 2.57 bits per heavy atom. The third-order valence-electron chi connectivity index (χ3n) is 3.68. The van der Waals surface area contributed by atoms with Gasteiger partial charge in [0.2, 0.25) is 0 Å². The van der Waals surface area contributed by atoms with Crippen LogP contribution in [0.15, 0.2) is 36.5 Å². The molecule has 5 nitrogen and oxygen atoms in total. The number of nitrogens with zero attached hydrogens (tertiary/aromatic N) is 1. The fourth-order valence-electron chi connectivity index (χ4n) is 2.33. The molecule has 0 aliphatic carbocycles. The van der Waals surface area contributed by atoms with Crippen molar-refractivity contribution in [2.75, 3.05) is 20.6 Å². The molecule has 122 valence electrons. The quantitative estimate of drug-likeness (QED) is 0.799. The first-order valence-electron chi connectivity index (χ1n) is 7.28. The highest BCUT2D eigenvalue weighted by molar-refractivity contribution is 6.31. The summed E-state index contributed by atoms with van der Waals surface area (Å²) in [6.45, 7) is 1.87. The lowest BCUT2D eigenvalue weighted by atomic mass is 10.1. The van der Waals surface area contributed by atoms with Crippen molar-refractivity contribution in [2.45, 2.75) is 13.0 Å². The third kappa shape index (κ3) is 4.21. The molecule has 2 N–H and O–H groups in total. The molecule has 6 heteroatoms. The van der Waals surface area contributed by atoms with Crippen LogP contribution in [0.1, 0.15) is 39.4 Å². The zero-order chi connectivity index (χ0) is 17.0. The van der Waals surface area contributed by atoms with Crippen LogP contribution in [-0.2, 0) is 0 Å². The summed E-state index contributed by atoms with van der Waals surface area (Å²) < 4.78 is 0. The molecule has 23 heavy (non-hydrogen) atoms. The second-order valence-corrected chi connectivity index (χ2v) is 5.98. The van der Waals surface area contributed by atoms with Gasteiger partial charge in [0.25, 0.3) is 5.91 Å². The van der Waals surface area contributed by atoms with Gasteiger partial charge in [0.1, 0.15) is 5.69 Å². The molecule has 1 heterocycles. The maximum atomic E-state index is 12.2. The van der Waals surface area contributed by atoms with Crippen LogP contribution >= 0.6 is 11.6 Å². The Kier molecular flexibility index (Phi) is 5.58. The standard InChI is InChI=1S/C17H20ClN3O2/c1-11(22)12-8-15(19-9-12)17(23)20-10-16(21(2)3)13-6-4-5-7-14(13)18/h4-9,16,19H,10H2,1-3H3,(H,20,23)/t16-/m1/s1. The van der Waals surface area contributed by atoms with E-state index in [1.807, 2.05) is 43.3 Å². The molecule has 0 aliphatic heterocycles. The summed E-state index contributed by atoms with van der Waals surface area (Å²) in [5, 5.41) is 3.54. The van der Waals surface area contributed by atoms with E-state index in [0.29, 0.717) is 22.8 Å². The molecular formula is C17H20ClN3O2. The lowest BCUT2D eigenvalue weighted by Crippen LogP contribution is -2.34. The molecule has 0 unspecified atom stereocenters. The normalized spacial score (nSPS) is 12.2. The third-order valence-corrected chi connectivity index (χ3v) is 4.02. The number of halogens is 1. The number of ketones is 1. The summed E-state index contributed by atoms with van der Waals surface area (Å²) in [5.41, 5.74) is 1.81. The first-order chi connectivity index (χ1) is 10.9.